The van der Waals surface area contributed by atoms with E-state index in [-0.39, 0.29) is 11.0 Å². The molecule has 1 heterocycles. The predicted molar refractivity (Wildman–Crippen MR) is 74.1 cm³/mol. The molecule has 1 saturated carbocycles. The van der Waals surface area contributed by atoms with Crippen LogP contribution >= 0.6 is 11.6 Å². The molecule has 1 fully saturated rings. The second-order valence-electron chi connectivity index (χ2n) is 5.12. The Balaban J connectivity index is 2.10. The van der Waals surface area contributed by atoms with Crippen molar-refractivity contribution >= 4 is 11.6 Å². The van der Waals surface area contributed by atoms with Crippen LogP contribution in [0.1, 0.15) is 36.4 Å². The van der Waals surface area contributed by atoms with E-state index in [1.807, 2.05) is 12.1 Å². The Bertz CT molecular complexity index is 666. The summed E-state index contributed by atoms with van der Waals surface area (Å²) in [4.78, 5) is 7.24. The van der Waals surface area contributed by atoms with Gasteiger partial charge in [-0.2, -0.15) is 13.2 Å². The number of alkyl halides is 3. The Labute approximate surface area is 125 Å². The monoisotopic (exact) mass is 312 g/mol. The lowest BCUT2D eigenvalue weighted by Crippen LogP contribution is -2.12. The second-order valence-corrected chi connectivity index (χ2v) is 5.46. The molecule has 0 atom stereocenters. The van der Waals surface area contributed by atoms with Crippen LogP contribution in [-0.2, 0) is 6.18 Å². The fourth-order valence-corrected chi connectivity index (χ4v) is 2.69. The average molecular weight is 313 g/mol. The lowest BCUT2D eigenvalue weighted by Gasteiger charge is -2.27. The van der Waals surface area contributed by atoms with Gasteiger partial charge in [0, 0.05) is 5.56 Å². The van der Waals surface area contributed by atoms with E-state index in [0.29, 0.717) is 11.5 Å². The van der Waals surface area contributed by atoms with E-state index >= 15 is 0 Å². The summed E-state index contributed by atoms with van der Waals surface area (Å²) in [6, 6.07) is 8.38. The third kappa shape index (κ3) is 2.88. The maximum atomic E-state index is 12.9. The molecule has 1 aromatic heterocycles. The van der Waals surface area contributed by atoms with Crippen molar-refractivity contribution in [2.75, 3.05) is 0 Å². The van der Waals surface area contributed by atoms with Gasteiger partial charge in [-0.15, -0.1) is 0 Å². The van der Waals surface area contributed by atoms with Crippen LogP contribution in [0, 0.1) is 0 Å². The first kappa shape index (κ1) is 14.3. The first-order chi connectivity index (χ1) is 9.95. The molecule has 1 aliphatic rings. The minimum Gasteiger partial charge on any atom is -0.218 e. The first-order valence-corrected chi connectivity index (χ1v) is 7.04. The zero-order valence-electron chi connectivity index (χ0n) is 11.0. The van der Waals surface area contributed by atoms with Gasteiger partial charge < -0.3 is 0 Å². The van der Waals surface area contributed by atoms with Crippen molar-refractivity contribution in [1.29, 1.82) is 0 Å². The highest BCUT2D eigenvalue weighted by Crippen LogP contribution is 2.41. The Morgan fingerprint density at radius 1 is 1.10 bits per heavy atom. The summed E-state index contributed by atoms with van der Waals surface area (Å²) < 4.78 is 38.6. The number of hydrogen-bond acceptors (Lipinski definition) is 2. The normalized spacial score (nSPS) is 15.8. The molecule has 0 N–H and O–H groups in total. The summed E-state index contributed by atoms with van der Waals surface area (Å²) in [6.45, 7) is 0. The molecule has 0 bridgehead atoms. The lowest BCUT2D eigenvalue weighted by molar-refractivity contribution is -0.141. The van der Waals surface area contributed by atoms with Crippen molar-refractivity contribution in [3.63, 3.8) is 0 Å². The van der Waals surface area contributed by atoms with Crippen LogP contribution in [0.4, 0.5) is 13.2 Å². The van der Waals surface area contributed by atoms with Crippen molar-refractivity contribution < 1.29 is 13.2 Å². The van der Waals surface area contributed by atoms with Gasteiger partial charge in [-0.25, -0.2) is 9.97 Å². The zero-order chi connectivity index (χ0) is 15.0. The highest BCUT2D eigenvalue weighted by atomic mass is 35.5. The van der Waals surface area contributed by atoms with Crippen LogP contribution in [0.25, 0.3) is 11.3 Å². The van der Waals surface area contributed by atoms with E-state index in [4.69, 9.17) is 11.6 Å². The summed E-state index contributed by atoms with van der Waals surface area (Å²) >= 11 is 5.66. The van der Waals surface area contributed by atoms with Gasteiger partial charge in [0.1, 0.15) is 5.69 Å². The molecule has 0 unspecified atom stereocenters. The number of rotatable bonds is 2. The highest BCUT2D eigenvalue weighted by molar-refractivity contribution is 6.28. The molecule has 0 aliphatic heterocycles. The van der Waals surface area contributed by atoms with Gasteiger partial charge >= 0.3 is 6.18 Å². The number of halogens is 4. The molecule has 0 amide bonds. The lowest BCUT2D eigenvalue weighted by atomic mass is 9.78. The fraction of sp³-hybridized carbons (Fsp3) is 0.333. The van der Waals surface area contributed by atoms with Crippen molar-refractivity contribution in [2.45, 2.75) is 31.4 Å². The van der Waals surface area contributed by atoms with Crippen LogP contribution in [0.5, 0.6) is 0 Å². The van der Waals surface area contributed by atoms with Crippen molar-refractivity contribution in [1.82, 2.24) is 9.97 Å². The van der Waals surface area contributed by atoms with Gasteiger partial charge in [-0.3, -0.25) is 0 Å². The fourth-order valence-electron chi connectivity index (χ4n) is 2.51. The van der Waals surface area contributed by atoms with Gasteiger partial charge in [-0.05, 0) is 42.0 Å². The number of benzene rings is 1. The van der Waals surface area contributed by atoms with E-state index in [0.717, 1.165) is 30.9 Å². The maximum absolute atomic E-state index is 12.9. The Hall–Kier alpha value is -1.62. The Kier molecular flexibility index (Phi) is 3.61. The predicted octanol–water partition coefficient (Wildman–Crippen LogP) is 5.08. The highest BCUT2D eigenvalue weighted by Gasteiger charge is 2.34. The van der Waals surface area contributed by atoms with Crippen LogP contribution < -0.4 is 0 Å². The molecule has 3 rings (SSSR count). The largest absolute Gasteiger partial charge is 0.433 e. The zero-order valence-corrected chi connectivity index (χ0v) is 11.7. The molecule has 0 spiro atoms. The summed E-state index contributed by atoms with van der Waals surface area (Å²) in [6.07, 6.45) is -1.27. The van der Waals surface area contributed by atoms with Crippen LogP contribution in [0.2, 0.25) is 5.28 Å². The minimum absolute atomic E-state index is 0.227. The Morgan fingerprint density at radius 2 is 1.81 bits per heavy atom. The van der Waals surface area contributed by atoms with Crippen molar-refractivity contribution in [3.8, 4) is 11.3 Å². The summed E-state index contributed by atoms with van der Waals surface area (Å²) in [7, 11) is 0. The standard InChI is InChI=1S/C15H12ClF3N2/c16-14-20-12(8-13(21-14)15(17,18)19)11-7-2-1-6-10(11)9-4-3-5-9/h1-2,6-9H,3-5H2. The van der Waals surface area contributed by atoms with Crippen molar-refractivity contribution in [3.05, 3.63) is 46.9 Å². The van der Waals surface area contributed by atoms with E-state index < -0.39 is 11.9 Å². The molecule has 1 aliphatic carbocycles. The third-order valence-corrected chi connectivity index (χ3v) is 3.94. The van der Waals surface area contributed by atoms with Crippen LogP contribution in [0.15, 0.2) is 30.3 Å². The molecular formula is C15H12ClF3N2. The summed E-state index contributed by atoms with van der Waals surface area (Å²) in [5.41, 5.74) is 0.953. The second kappa shape index (κ2) is 5.30. The smallest absolute Gasteiger partial charge is 0.218 e. The summed E-state index contributed by atoms with van der Waals surface area (Å²) in [5, 5.41) is -0.386. The minimum atomic E-state index is -4.53. The number of nitrogens with zero attached hydrogens (tertiary/aromatic N) is 2. The first-order valence-electron chi connectivity index (χ1n) is 6.66. The topological polar surface area (TPSA) is 25.8 Å². The number of hydrogen-bond donors (Lipinski definition) is 0. The van der Waals surface area contributed by atoms with E-state index in [1.165, 1.54) is 0 Å². The van der Waals surface area contributed by atoms with Crippen LogP contribution in [0.3, 0.4) is 0 Å². The maximum Gasteiger partial charge on any atom is 0.433 e. The molecule has 21 heavy (non-hydrogen) atoms. The molecule has 0 radical (unpaired) electrons. The third-order valence-electron chi connectivity index (χ3n) is 3.77. The molecule has 2 aromatic rings. The van der Waals surface area contributed by atoms with E-state index in [1.54, 1.807) is 12.1 Å². The van der Waals surface area contributed by atoms with Crippen LogP contribution in [-0.4, -0.2) is 9.97 Å². The quantitative estimate of drug-likeness (QED) is 0.722. The van der Waals surface area contributed by atoms with Gasteiger partial charge in [0.2, 0.25) is 5.28 Å². The van der Waals surface area contributed by atoms with Gasteiger partial charge in [0.15, 0.2) is 0 Å². The SMILES string of the molecule is FC(F)(F)c1cc(-c2ccccc2C2CCC2)nc(Cl)n1. The van der Waals surface area contributed by atoms with E-state index in [9.17, 15) is 13.2 Å². The van der Waals surface area contributed by atoms with E-state index in [2.05, 4.69) is 9.97 Å². The van der Waals surface area contributed by atoms with Gasteiger partial charge in [0.05, 0.1) is 5.69 Å². The molecule has 1 aromatic carbocycles. The molecule has 0 saturated heterocycles. The van der Waals surface area contributed by atoms with Crippen molar-refractivity contribution in [2.24, 2.45) is 0 Å². The summed E-state index contributed by atoms with van der Waals surface area (Å²) in [5.74, 6) is 0.393. The average Bonchev–Trinajstić information content (AvgIpc) is 2.35. The van der Waals surface area contributed by atoms with Gasteiger partial charge in [-0.1, -0.05) is 30.7 Å². The number of aromatic nitrogens is 2. The molecule has 2 nitrogen and oxygen atoms in total. The molecular weight excluding hydrogens is 301 g/mol. The van der Waals surface area contributed by atoms with Gasteiger partial charge in [0.25, 0.3) is 0 Å². The Morgan fingerprint density at radius 3 is 2.43 bits per heavy atom. The molecule has 6 heteroatoms. The molecule has 110 valence electrons.